The van der Waals surface area contributed by atoms with Crippen LogP contribution in [0.1, 0.15) is 49.9 Å². The van der Waals surface area contributed by atoms with E-state index in [-0.39, 0.29) is 29.5 Å². The summed E-state index contributed by atoms with van der Waals surface area (Å²) in [5.74, 6) is -3.17. The van der Waals surface area contributed by atoms with E-state index in [9.17, 15) is 28.8 Å². The first kappa shape index (κ1) is 26.8. The predicted molar refractivity (Wildman–Crippen MR) is 122 cm³/mol. The zero-order valence-electron chi connectivity index (χ0n) is 18.8. The number of halogens is 1. The summed E-state index contributed by atoms with van der Waals surface area (Å²) in [5.41, 5.74) is 0.536. The highest BCUT2D eigenvalue weighted by Crippen LogP contribution is 2.24. The molecule has 12 heteroatoms. The van der Waals surface area contributed by atoms with Crippen LogP contribution >= 0.6 is 11.6 Å². The Balaban J connectivity index is 2.02. The summed E-state index contributed by atoms with van der Waals surface area (Å²) in [6, 6.07) is 1.26. The van der Waals surface area contributed by atoms with E-state index >= 15 is 0 Å². The smallest absolute Gasteiger partial charge is 0.305 e. The Kier molecular flexibility index (Phi) is 9.55. The summed E-state index contributed by atoms with van der Waals surface area (Å²) in [6.07, 6.45) is 0.919. The van der Waals surface area contributed by atoms with E-state index in [2.05, 4.69) is 16.0 Å². The Bertz CT molecular complexity index is 984. The molecule has 0 aromatic heterocycles. The van der Waals surface area contributed by atoms with Gasteiger partial charge in [0.15, 0.2) is 0 Å². The topological polar surface area (TPSA) is 162 Å². The maximum absolute atomic E-state index is 12.9. The first-order valence-corrected chi connectivity index (χ1v) is 11.1. The molecular formula is C22H27ClN4O7. The molecule has 1 aromatic carbocycles. The van der Waals surface area contributed by atoms with Crippen LogP contribution < -0.4 is 16.0 Å². The number of aliphatic carboxylic acids is 1. The fraction of sp³-hybridized carbons (Fsp3) is 0.455. The molecule has 184 valence electrons. The van der Waals surface area contributed by atoms with Crippen LogP contribution in [0, 0.1) is 0 Å². The third-order valence-corrected chi connectivity index (χ3v) is 5.58. The number of hydrogen-bond acceptors (Lipinski definition) is 6. The molecule has 2 rings (SSSR count). The lowest BCUT2D eigenvalue weighted by Gasteiger charge is -2.27. The third kappa shape index (κ3) is 7.01. The van der Waals surface area contributed by atoms with Crippen molar-refractivity contribution >= 4 is 53.2 Å². The average Bonchev–Trinajstić information content (AvgIpc) is 3.28. The molecule has 3 atom stereocenters. The van der Waals surface area contributed by atoms with E-state index in [1.165, 1.54) is 30.0 Å². The summed E-state index contributed by atoms with van der Waals surface area (Å²) < 4.78 is 0. The van der Waals surface area contributed by atoms with Gasteiger partial charge in [-0.05, 0) is 38.0 Å². The Labute approximate surface area is 201 Å². The minimum absolute atomic E-state index is 0.163. The fourth-order valence-corrected chi connectivity index (χ4v) is 3.72. The van der Waals surface area contributed by atoms with Crippen molar-refractivity contribution in [2.24, 2.45) is 0 Å². The monoisotopic (exact) mass is 494 g/mol. The SMILES string of the molecule is CCC(=O)Nc1ccc(C(=O)N[C@@H](C)C(=O)N2CCC[C@H]2C(=O)N[C@H](C=O)CC(=O)O)cc1Cl. The Morgan fingerprint density at radius 2 is 1.94 bits per heavy atom. The number of anilines is 1. The summed E-state index contributed by atoms with van der Waals surface area (Å²) in [7, 11) is 0. The van der Waals surface area contributed by atoms with Crippen LogP contribution in [0.15, 0.2) is 18.2 Å². The number of amides is 4. The van der Waals surface area contributed by atoms with Crippen LogP contribution in [0.2, 0.25) is 5.02 Å². The first-order valence-electron chi connectivity index (χ1n) is 10.8. The van der Waals surface area contributed by atoms with Gasteiger partial charge in [-0.2, -0.15) is 0 Å². The minimum Gasteiger partial charge on any atom is -0.481 e. The molecule has 0 saturated carbocycles. The molecule has 1 saturated heterocycles. The number of likely N-dealkylation sites (tertiary alicyclic amines) is 1. The lowest BCUT2D eigenvalue weighted by molar-refractivity contribution is -0.141. The van der Waals surface area contributed by atoms with Crippen LogP contribution in [0.25, 0.3) is 0 Å². The number of nitrogens with zero attached hydrogens (tertiary/aromatic N) is 1. The van der Waals surface area contributed by atoms with Crippen LogP contribution in [0.4, 0.5) is 5.69 Å². The van der Waals surface area contributed by atoms with Gasteiger partial charge in [0, 0.05) is 18.5 Å². The second kappa shape index (κ2) is 12.1. The molecule has 0 bridgehead atoms. The highest BCUT2D eigenvalue weighted by atomic mass is 35.5. The minimum atomic E-state index is -1.24. The van der Waals surface area contributed by atoms with Gasteiger partial charge in [-0.15, -0.1) is 0 Å². The zero-order chi connectivity index (χ0) is 25.4. The standard InChI is InChI=1S/C22H27ClN4O7/c1-3-18(29)26-16-7-6-13(9-15(16)23)20(32)24-12(2)22(34)27-8-4-5-17(27)21(33)25-14(11-28)10-19(30)31/h6-7,9,11-12,14,17H,3-5,8,10H2,1-2H3,(H,24,32)(H,25,33)(H,26,29)(H,30,31)/t12-,14-,17-/m0/s1. The van der Waals surface area contributed by atoms with Crippen molar-refractivity contribution in [3.63, 3.8) is 0 Å². The molecule has 1 aliphatic rings. The second-order valence-electron chi connectivity index (χ2n) is 7.83. The molecule has 1 aliphatic heterocycles. The molecule has 4 N–H and O–H groups in total. The number of rotatable bonds is 10. The number of carboxylic acids is 1. The summed E-state index contributed by atoms with van der Waals surface area (Å²) in [4.78, 5) is 72.8. The van der Waals surface area contributed by atoms with Gasteiger partial charge < -0.3 is 30.8 Å². The molecule has 11 nitrogen and oxygen atoms in total. The largest absolute Gasteiger partial charge is 0.481 e. The van der Waals surface area contributed by atoms with Crippen LogP contribution in [0.3, 0.4) is 0 Å². The lowest BCUT2D eigenvalue weighted by Crippen LogP contribution is -2.54. The zero-order valence-corrected chi connectivity index (χ0v) is 19.6. The molecular weight excluding hydrogens is 468 g/mol. The van der Waals surface area contributed by atoms with E-state index in [0.29, 0.717) is 24.8 Å². The van der Waals surface area contributed by atoms with E-state index in [0.717, 1.165) is 0 Å². The third-order valence-electron chi connectivity index (χ3n) is 5.27. The van der Waals surface area contributed by atoms with Gasteiger partial charge in [-0.1, -0.05) is 18.5 Å². The molecule has 1 heterocycles. The summed E-state index contributed by atoms with van der Waals surface area (Å²) >= 11 is 6.14. The van der Waals surface area contributed by atoms with Crippen molar-refractivity contribution in [2.45, 2.75) is 57.7 Å². The molecule has 0 unspecified atom stereocenters. The maximum atomic E-state index is 12.9. The van der Waals surface area contributed by atoms with Crippen LogP contribution in [0.5, 0.6) is 0 Å². The molecule has 4 amide bonds. The van der Waals surface area contributed by atoms with Gasteiger partial charge in [-0.3, -0.25) is 24.0 Å². The number of nitrogens with one attached hydrogen (secondary N) is 3. The summed E-state index contributed by atoms with van der Waals surface area (Å²) in [6.45, 7) is 3.44. The fourth-order valence-electron chi connectivity index (χ4n) is 3.49. The van der Waals surface area contributed by atoms with E-state index in [1.54, 1.807) is 6.92 Å². The van der Waals surface area contributed by atoms with Gasteiger partial charge in [0.05, 0.1) is 23.2 Å². The number of hydrogen-bond donors (Lipinski definition) is 4. The second-order valence-corrected chi connectivity index (χ2v) is 8.24. The van der Waals surface area contributed by atoms with Crippen molar-refractivity contribution < 1.29 is 33.9 Å². The Hall–Kier alpha value is -3.47. The van der Waals surface area contributed by atoms with Gasteiger partial charge in [0.2, 0.25) is 17.7 Å². The van der Waals surface area contributed by atoms with Crippen molar-refractivity contribution in [3.05, 3.63) is 28.8 Å². The van der Waals surface area contributed by atoms with Crippen molar-refractivity contribution in [1.29, 1.82) is 0 Å². The van der Waals surface area contributed by atoms with Gasteiger partial charge in [-0.25, -0.2) is 0 Å². The number of carboxylic acid groups (broad SMARTS) is 1. The normalized spacial score (nSPS) is 16.8. The highest BCUT2D eigenvalue weighted by Gasteiger charge is 2.37. The Morgan fingerprint density at radius 3 is 2.53 bits per heavy atom. The number of carbonyl (C=O) groups is 6. The van der Waals surface area contributed by atoms with Crippen molar-refractivity contribution in [1.82, 2.24) is 15.5 Å². The van der Waals surface area contributed by atoms with Crippen LogP contribution in [-0.2, 0) is 24.0 Å². The molecule has 0 aliphatic carbocycles. The summed E-state index contributed by atoms with van der Waals surface area (Å²) in [5, 5.41) is 16.5. The van der Waals surface area contributed by atoms with Crippen molar-refractivity contribution in [3.8, 4) is 0 Å². The van der Waals surface area contributed by atoms with Gasteiger partial charge >= 0.3 is 5.97 Å². The van der Waals surface area contributed by atoms with Crippen LogP contribution in [-0.4, -0.2) is 70.6 Å². The molecule has 34 heavy (non-hydrogen) atoms. The number of carbonyl (C=O) groups excluding carboxylic acids is 5. The quantitative estimate of drug-likeness (QED) is 0.352. The Morgan fingerprint density at radius 1 is 1.24 bits per heavy atom. The van der Waals surface area contributed by atoms with E-state index < -0.39 is 48.2 Å². The molecule has 0 spiro atoms. The van der Waals surface area contributed by atoms with E-state index in [1.807, 2.05) is 0 Å². The lowest BCUT2D eigenvalue weighted by atomic mass is 10.1. The molecule has 1 fully saturated rings. The van der Waals surface area contributed by atoms with E-state index in [4.69, 9.17) is 16.7 Å². The first-order chi connectivity index (χ1) is 16.1. The van der Waals surface area contributed by atoms with Gasteiger partial charge in [0.1, 0.15) is 18.4 Å². The number of benzene rings is 1. The van der Waals surface area contributed by atoms with Crippen molar-refractivity contribution in [2.75, 3.05) is 11.9 Å². The van der Waals surface area contributed by atoms with Gasteiger partial charge in [0.25, 0.3) is 5.91 Å². The molecule has 0 radical (unpaired) electrons. The molecule has 1 aromatic rings. The predicted octanol–water partition coefficient (Wildman–Crippen LogP) is 0.956. The maximum Gasteiger partial charge on any atom is 0.305 e. The highest BCUT2D eigenvalue weighted by molar-refractivity contribution is 6.34. The number of aldehydes is 1. The average molecular weight is 495 g/mol.